The fourth-order valence-electron chi connectivity index (χ4n) is 1.51. The highest BCUT2D eigenvalue weighted by molar-refractivity contribution is 7.13. The van der Waals surface area contributed by atoms with Crippen molar-refractivity contribution >= 4 is 17.6 Å². The van der Waals surface area contributed by atoms with Crippen LogP contribution < -0.4 is 4.74 Å². The summed E-state index contributed by atoms with van der Waals surface area (Å²) < 4.78 is 5.16. The Morgan fingerprint density at radius 1 is 1.44 bits per heavy atom. The summed E-state index contributed by atoms with van der Waals surface area (Å²) in [6.45, 7) is 1.96. The Labute approximate surface area is 97.7 Å². The molecule has 4 heteroatoms. The van der Waals surface area contributed by atoms with Gasteiger partial charge in [0.2, 0.25) is 0 Å². The predicted octanol–water partition coefficient (Wildman–Crippen LogP) is 2.94. The van der Waals surface area contributed by atoms with Crippen LogP contribution in [0.5, 0.6) is 5.75 Å². The molecule has 0 saturated carbocycles. The van der Waals surface area contributed by atoms with Crippen LogP contribution in [0.3, 0.4) is 0 Å². The first-order valence-corrected chi connectivity index (χ1v) is 5.63. The van der Waals surface area contributed by atoms with Crippen LogP contribution in [0.2, 0.25) is 0 Å². The van der Waals surface area contributed by atoms with Crippen molar-refractivity contribution in [2.45, 2.75) is 6.92 Å². The third kappa shape index (κ3) is 1.97. The normalized spacial score (nSPS) is 10.1. The third-order valence-electron chi connectivity index (χ3n) is 2.26. The quantitative estimate of drug-likeness (QED) is 0.765. The average Bonchev–Trinajstić information content (AvgIpc) is 2.71. The first kappa shape index (κ1) is 10.8. The Morgan fingerprint density at radius 3 is 2.88 bits per heavy atom. The summed E-state index contributed by atoms with van der Waals surface area (Å²) in [5, 5.41) is 0.510. The van der Waals surface area contributed by atoms with Gasteiger partial charge in [-0.15, -0.1) is 11.3 Å². The third-order valence-corrected chi connectivity index (χ3v) is 3.15. The van der Waals surface area contributed by atoms with E-state index in [1.807, 2.05) is 31.2 Å². The van der Waals surface area contributed by atoms with Gasteiger partial charge in [-0.2, -0.15) is 0 Å². The minimum absolute atomic E-state index is 0.510. The van der Waals surface area contributed by atoms with E-state index >= 15 is 0 Å². The second kappa shape index (κ2) is 4.45. The van der Waals surface area contributed by atoms with Gasteiger partial charge < -0.3 is 4.74 Å². The number of benzene rings is 1. The Kier molecular flexibility index (Phi) is 3.01. The van der Waals surface area contributed by atoms with Gasteiger partial charge in [-0.25, -0.2) is 4.98 Å². The zero-order chi connectivity index (χ0) is 11.5. The molecule has 0 fully saturated rings. The van der Waals surface area contributed by atoms with Gasteiger partial charge in [-0.1, -0.05) is 12.1 Å². The molecule has 0 aliphatic carbocycles. The van der Waals surface area contributed by atoms with Crippen LogP contribution >= 0.6 is 11.3 Å². The molecule has 2 rings (SSSR count). The van der Waals surface area contributed by atoms with Crippen LogP contribution in [0, 0.1) is 6.92 Å². The lowest BCUT2D eigenvalue weighted by Crippen LogP contribution is -1.85. The Balaban J connectivity index is 2.48. The van der Waals surface area contributed by atoms with Crippen LogP contribution in [0.25, 0.3) is 11.3 Å². The predicted molar refractivity (Wildman–Crippen MR) is 64.2 cm³/mol. The number of aromatic nitrogens is 1. The molecule has 0 amide bonds. The van der Waals surface area contributed by atoms with E-state index in [9.17, 15) is 4.79 Å². The molecule has 0 unspecified atom stereocenters. The van der Waals surface area contributed by atoms with Crippen molar-refractivity contribution < 1.29 is 9.53 Å². The number of ether oxygens (including phenoxy) is 1. The smallest absolute Gasteiger partial charge is 0.178 e. The van der Waals surface area contributed by atoms with Crippen molar-refractivity contribution in [1.29, 1.82) is 0 Å². The molecule has 82 valence electrons. The van der Waals surface area contributed by atoms with Crippen LogP contribution in [-0.2, 0) is 0 Å². The van der Waals surface area contributed by atoms with E-state index in [1.54, 1.807) is 7.11 Å². The van der Waals surface area contributed by atoms with Gasteiger partial charge in [0.1, 0.15) is 5.75 Å². The fraction of sp³-hybridized carbons (Fsp3) is 0.167. The van der Waals surface area contributed by atoms with E-state index in [4.69, 9.17) is 4.74 Å². The summed E-state index contributed by atoms with van der Waals surface area (Å²) in [6.07, 6.45) is 0.779. The molecule has 1 aromatic carbocycles. The van der Waals surface area contributed by atoms with Gasteiger partial charge in [0.25, 0.3) is 0 Å². The summed E-state index contributed by atoms with van der Waals surface area (Å²) in [6, 6.07) is 7.66. The minimum Gasteiger partial charge on any atom is -0.497 e. The van der Waals surface area contributed by atoms with Gasteiger partial charge in [-0.3, -0.25) is 4.79 Å². The molecule has 0 spiro atoms. The molecule has 0 radical (unpaired) electrons. The van der Waals surface area contributed by atoms with Crippen molar-refractivity contribution in [3.05, 3.63) is 34.2 Å². The number of carbonyl (C=O) groups is 1. The van der Waals surface area contributed by atoms with Crippen molar-refractivity contribution in [3.8, 4) is 17.0 Å². The maximum Gasteiger partial charge on any atom is 0.178 e. The van der Waals surface area contributed by atoms with Crippen LogP contribution in [0.1, 0.15) is 14.7 Å². The van der Waals surface area contributed by atoms with Crippen molar-refractivity contribution in [2.75, 3.05) is 7.11 Å². The van der Waals surface area contributed by atoms with Crippen molar-refractivity contribution in [2.24, 2.45) is 0 Å². The molecular formula is C12H11NO2S. The second-order valence-electron chi connectivity index (χ2n) is 3.31. The van der Waals surface area contributed by atoms with Gasteiger partial charge >= 0.3 is 0 Å². The molecule has 1 aromatic heterocycles. The summed E-state index contributed by atoms with van der Waals surface area (Å²) in [5.41, 5.74) is 1.83. The second-order valence-corrected chi connectivity index (χ2v) is 4.54. The van der Waals surface area contributed by atoms with Crippen LogP contribution in [0.4, 0.5) is 0 Å². The standard InChI is InChI=1S/C12H11NO2S/c1-8-12(13-11(7-14)16-8)9-4-3-5-10(6-9)15-2/h3-7H,1-2H3. The topological polar surface area (TPSA) is 39.2 Å². The highest BCUT2D eigenvalue weighted by Crippen LogP contribution is 2.28. The summed E-state index contributed by atoms with van der Waals surface area (Å²) >= 11 is 1.40. The number of aldehydes is 1. The Morgan fingerprint density at radius 2 is 2.25 bits per heavy atom. The SMILES string of the molecule is COc1cccc(-c2nc(C=O)sc2C)c1. The number of rotatable bonds is 3. The zero-order valence-electron chi connectivity index (χ0n) is 9.06. The lowest BCUT2D eigenvalue weighted by atomic mass is 10.1. The van der Waals surface area contributed by atoms with Crippen LogP contribution in [0.15, 0.2) is 24.3 Å². The molecule has 0 aliphatic heterocycles. The number of hydrogen-bond acceptors (Lipinski definition) is 4. The average molecular weight is 233 g/mol. The van der Waals surface area contributed by atoms with Gasteiger partial charge in [0.15, 0.2) is 11.3 Å². The lowest BCUT2D eigenvalue weighted by Gasteiger charge is -2.02. The maximum atomic E-state index is 10.6. The largest absolute Gasteiger partial charge is 0.497 e. The van der Waals surface area contributed by atoms with E-state index in [0.717, 1.165) is 28.2 Å². The number of thiazole rings is 1. The fourth-order valence-corrected chi connectivity index (χ4v) is 2.26. The van der Waals surface area contributed by atoms with Crippen LogP contribution in [-0.4, -0.2) is 18.4 Å². The van der Waals surface area contributed by atoms with E-state index in [0.29, 0.717) is 5.01 Å². The van der Waals surface area contributed by atoms with Gasteiger partial charge in [0.05, 0.1) is 12.8 Å². The minimum atomic E-state index is 0.510. The summed E-state index contributed by atoms with van der Waals surface area (Å²) in [7, 11) is 1.63. The number of methoxy groups -OCH3 is 1. The Bertz CT molecular complexity index is 519. The zero-order valence-corrected chi connectivity index (χ0v) is 9.88. The number of aryl methyl sites for hydroxylation is 1. The molecule has 3 nitrogen and oxygen atoms in total. The number of nitrogens with zero attached hydrogens (tertiary/aromatic N) is 1. The monoisotopic (exact) mass is 233 g/mol. The first-order chi connectivity index (χ1) is 7.74. The van der Waals surface area contributed by atoms with Crippen molar-refractivity contribution in [1.82, 2.24) is 4.98 Å². The lowest BCUT2D eigenvalue weighted by molar-refractivity contribution is 0.112. The van der Waals surface area contributed by atoms with E-state index < -0.39 is 0 Å². The first-order valence-electron chi connectivity index (χ1n) is 4.81. The molecule has 0 N–H and O–H groups in total. The number of hydrogen-bond donors (Lipinski definition) is 0. The molecule has 0 atom stereocenters. The molecule has 0 bridgehead atoms. The molecule has 2 aromatic rings. The summed E-state index contributed by atoms with van der Waals surface area (Å²) in [4.78, 5) is 16.0. The maximum absolute atomic E-state index is 10.6. The molecule has 0 aliphatic rings. The molecule has 0 saturated heterocycles. The highest BCUT2D eigenvalue weighted by Gasteiger charge is 2.09. The summed E-state index contributed by atoms with van der Waals surface area (Å²) in [5.74, 6) is 0.789. The number of carbonyl (C=O) groups excluding carboxylic acids is 1. The van der Waals surface area contributed by atoms with E-state index in [2.05, 4.69) is 4.98 Å². The van der Waals surface area contributed by atoms with Crippen molar-refractivity contribution in [3.63, 3.8) is 0 Å². The molecule has 16 heavy (non-hydrogen) atoms. The molecular weight excluding hydrogens is 222 g/mol. The van der Waals surface area contributed by atoms with E-state index in [1.165, 1.54) is 11.3 Å². The highest BCUT2D eigenvalue weighted by atomic mass is 32.1. The van der Waals surface area contributed by atoms with E-state index in [-0.39, 0.29) is 0 Å². The molecule has 1 heterocycles. The Hall–Kier alpha value is -1.68. The van der Waals surface area contributed by atoms with Gasteiger partial charge in [-0.05, 0) is 19.1 Å². The van der Waals surface area contributed by atoms with Gasteiger partial charge in [0, 0.05) is 10.4 Å².